The molecule has 220 valence electrons. The summed E-state index contributed by atoms with van der Waals surface area (Å²) in [4.78, 5) is 70.3. The van der Waals surface area contributed by atoms with E-state index < -0.39 is 17.8 Å². The largest absolute Gasteiger partial charge is 0.481 e. The number of pyridine rings is 2. The molecule has 1 N–H and O–H groups in total. The minimum Gasteiger partial charge on any atom is -0.481 e. The Balaban J connectivity index is 1.35. The lowest BCUT2D eigenvalue weighted by Gasteiger charge is -2.36. The maximum atomic E-state index is 12.9. The number of rotatable bonds is 10. The highest BCUT2D eigenvalue weighted by atomic mass is 16.5. The molecule has 0 spiro atoms. The molecule has 1 unspecified atom stereocenters. The molecule has 0 saturated carbocycles. The van der Waals surface area contributed by atoms with Crippen molar-refractivity contribution < 1.29 is 24.2 Å². The van der Waals surface area contributed by atoms with Crippen molar-refractivity contribution in [3.63, 3.8) is 0 Å². The van der Waals surface area contributed by atoms with Gasteiger partial charge in [0, 0.05) is 38.3 Å². The molecular formula is C27H30N8O7. The SMILES string of the molecule is COc1ccc2ncc(=O)n(CCN3CCC[C@H](CN(C(=O)O)C(C=O)n4c(=O)cnc5ccc(OC)nc54)C3)c2n1. The number of amides is 1. The third-order valence-electron chi connectivity index (χ3n) is 7.34. The molecule has 2 atom stereocenters. The Hall–Kier alpha value is -4.92. The first kappa shape index (κ1) is 28.6. The number of hydrogen-bond donors (Lipinski definition) is 1. The Kier molecular flexibility index (Phi) is 8.38. The molecule has 5 heterocycles. The number of ether oxygens (including phenoxy) is 2. The van der Waals surface area contributed by atoms with Crippen molar-refractivity contribution in [1.82, 2.24) is 38.9 Å². The molecule has 1 aliphatic rings. The van der Waals surface area contributed by atoms with Crippen molar-refractivity contribution in [1.29, 1.82) is 0 Å². The molecular weight excluding hydrogens is 548 g/mol. The average Bonchev–Trinajstić information content (AvgIpc) is 3.00. The van der Waals surface area contributed by atoms with E-state index in [1.54, 1.807) is 28.8 Å². The van der Waals surface area contributed by atoms with E-state index in [4.69, 9.17) is 9.47 Å². The van der Waals surface area contributed by atoms with Crippen molar-refractivity contribution in [2.24, 2.45) is 5.92 Å². The standard InChI is InChI=1S/C27H30N8O7/c1-41-20-7-5-18-25(30-20)33(23(37)12-28-18)11-10-32-9-3-4-17(14-32)15-34(27(39)40)22(16-36)35-24(38)13-29-19-6-8-21(42-2)31-26(19)35/h5-8,12-13,16-17,22H,3-4,9-11,14-15H2,1-2H3,(H,39,40)/t17-,22?/m0/s1. The molecule has 1 aliphatic heterocycles. The summed E-state index contributed by atoms with van der Waals surface area (Å²) in [5.41, 5.74) is 0.370. The summed E-state index contributed by atoms with van der Waals surface area (Å²) in [6, 6.07) is 6.55. The first-order valence-corrected chi connectivity index (χ1v) is 13.3. The second-order valence-electron chi connectivity index (χ2n) is 9.90. The highest BCUT2D eigenvalue weighted by molar-refractivity contribution is 5.75. The molecule has 15 heteroatoms. The number of likely N-dealkylation sites (tertiary alicyclic amines) is 1. The average molecular weight is 579 g/mol. The predicted octanol–water partition coefficient (Wildman–Crippen LogP) is 1.00. The maximum absolute atomic E-state index is 12.9. The summed E-state index contributed by atoms with van der Waals surface area (Å²) in [5, 5.41) is 10.1. The summed E-state index contributed by atoms with van der Waals surface area (Å²) < 4.78 is 12.9. The van der Waals surface area contributed by atoms with Crippen LogP contribution in [0, 0.1) is 5.92 Å². The first-order chi connectivity index (χ1) is 20.3. The van der Waals surface area contributed by atoms with Gasteiger partial charge in [-0.1, -0.05) is 0 Å². The van der Waals surface area contributed by atoms with Crippen LogP contribution in [-0.2, 0) is 11.3 Å². The van der Waals surface area contributed by atoms with Crippen LogP contribution in [0.4, 0.5) is 4.79 Å². The molecule has 1 saturated heterocycles. The topological polar surface area (TPSA) is 175 Å². The number of aromatic nitrogens is 6. The van der Waals surface area contributed by atoms with Crippen LogP contribution in [0.5, 0.6) is 11.8 Å². The Bertz CT molecular complexity index is 1740. The lowest BCUT2D eigenvalue weighted by atomic mass is 9.97. The van der Waals surface area contributed by atoms with E-state index in [1.807, 2.05) is 0 Å². The Labute approximate surface area is 239 Å². The minimum absolute atomic E-state index is 0.00630. The molecule has 4 aromatic rings. The van der Waals surface area contributed by atoms with Crippen LogP contribution in [0.25, 0.3) is 22.3 Å². The van der Waals surface area contributed by atoms with Gasteiger partial charge in [-0.15, -0.1) is 0 Å². The van der Waals surface area contributed by atoms with E-state index in [0.29, 0.717) is 48.5 Å². The number of hydrogen-bond acceptors (Lipinski definition) is 11. The molecule has 4 aromatic heterocycles. The van der Waals surface area contributed by atoms with Crippen molar-refractivity contribution in [3.05, 3.63) is 57.4 Å². The molecule has 0 aliphatic carbocycles. The van der Waals surface area contributed by atoms with E-state index in [1.165, 1.54) is 20.4 Å². The second-order valence-corrected chi connectivity index (χ2v) is 9.90. The van der Waals surface area contributed by atoms with Gasteiger partial charge in [-0.25, -0.2) is 14.8 Å². The van der Waals surface area contributed by atoms with E-state index in [0.717, 1.165) is 35.1 Å². The lowest BCUT2D eigenvalue weighted by Crippen LogP contribution is -2.48. The van der Waals surface area contributed by atoms with E-state index in [-0.39, 0.29) is 29.5 Å². The maximum Gasteiger partial charge on any atom is 0.409 e. The zero-order chi connectivity index (χ0) is 29.8. The minimum atomic E-state index is -1.46. The fourth-order valence-corrected chi connectivity index (χ4v) is 5.31. The summed E-state index contributed by atoms with van der Waals surface area (Å²) in [6.45, 7) is 2.15. The summed E-state index contributed by atoms with van der Waals surface area (Å²) >= 11 is 0. The van der Waals surface area contributed by atoms with Gasteiger partial charge >= 0.3 is 6.09 Å². The van der Waals surface area contributed by atoms with E-state index in [9.17, 15) is 24.3 Å². The van der Waals surface area contributed by atoms with Crippen LogP contribution in [0.1, 0.15) is 19.0 Å². The molecule has 5 rings (SSSR count). The molecule has 1 amide bonds. The van der Waals surface area contributed by atoms with Crippen LogP contribution in [0.2, 0.25) is 0 Å². The first-order valence-electron chi connectivity index (χ1n) is 13.3. The molecule has 0 aromatic carbocycles. The molecule has 15 nitrogen and oxygen atoms in total. The van der Waals surface area contributed by atoms with E-state index >= 15 is 0 Å². The van der Waals surface area contributed by atoms with E-state index in [2.05, 4.69) is 24.8 Å². The highest BCUT2D eigenvalue weighted by Gasteiger charge is 2.31. The van der Waals surface area contributed by atoms with Crippen molar-refractivity contribution in [2.45, 2.75) is 25.6 Å². The monoisotopic (exact) mass is 578 g/mol. The number of fused-ring (bicyclic) bond motifs is 2. The van der Waals surface area contributed by atoms with Crippen molar-refractivity contribution in [2.75, 3.05) is 40.4 Å². The fourth-order valence-electron chi connectivity index (χ4n) is 5.31. The number of carbonyl (C=O) groups is 2. The number of carbonyl (C=O) groups excluding carboxylic acids is 1. The Morgan fingerprint density at radius 3 is 2.31 bits per heavy atom. The number of aldehydes is 1. The van der Waals surface area contributed by atoms with Crippen molar-refractivity contribution in [3.8, 4) is 11.8 Å². The van der Waals surface area contributed by atoms with Crippen LogP contribution in [0.15, 0.2) is 46.2 Å². The van der Waals surface area contributed by atoms with Crippen LogP contribution in [-0.4, -0.2) is 96.8 Å². The molecule has 42 heavy (non-hydrogen) atoms. The number of nitrogens with zero attached hydrogens (tertiary/aromatic N) is 8. The van der Waals surface area contributed by atoms with Gasteiger partial charge in [-0.2, -0.15) is 9.97 Å². The number of piperidine rings is 1. The van der Waals surface area contributed by atoms with Crippen LogP contribution < -0.4 is 20.6 Å². The van der Waals surface area contributed by atoms with Gasteiger partial charge < -0.3 is 19.5 Å². The third-order valence-corrected chi connectivity index (χ3v) is 7.34. The van der Waals surface area contributed by atoms with Gasteiger partial charge in [0.25, 0.3) is 11.1 Å². The quantitative estimate of drug-likeness (QED) is 0.265. The summed E-state index contributed by atoms with van der Waals surface area (Å²) in [6.07, 6.45) is 1.41. The van der Waals surface area contributed by atoms with Crippen LogP contribution >= 0.6 is 0 Å². The van der Waals surface area contributed by atoms with Gasteiger partial charge in [0.2, 0.25) is 11.8 Å². The molecule has 0 radical (unpaired) electrons. The zero-order valence-corrected chi connectivity index (χ0v) is 23.1. The van der Waals surface area contributed by atoms with Gasteiger partial charge in [0.05, 0.1) is 26.6 Å². The normalized spacial score (nSPS) is 16.3. The van der Waals surface area contributed by atoms with Gasteiger partial charge in [-0.3, -0.25) is 28.4 Å². The summed E-state index contributed by atoms with van der Waals surface area (Å²) in [7, 11) is 2.90. The number of carboxylic acid groups (broad SMARTS) is 1. The van der Waals surface area contributed by atoms with Gasteiger partial charge in [0.15, 0.2) is 23.7 Å². The fraction of sp³-hybridized carbons (Fsp3) is 0.407. The lowest BCUT2D eigenvalue weighted by molar-refractivity contribution is -0.115. The van der Waals surface area contributed by atoms with Crippen LogP contribution in [0.3, 0.4) is 0 Å². The highest BCUT2D eigenvalue weighted by Crippen LogP contribution is 2.23. The second kappa shape index (κ2) is 12.3. The number of methoxy groups -OCH3 is 2. The molecule has 0 bridgehead atoms. The Morgan fingerprint density at radius 2 is 1.67 bits per heavy atom. The van der Waals surface area contributed by atoms with Gasteiger partial charge in [0.1, 0.15) is 11.0 Å². The summed E-state index contributed by atoms with van der Waals surface area (Å²) in [5.74, 6) is 0.426. The Morgan fingerprint density at radius 1 is 1.02 bits per heavy atom. The van der Waals surface area contributed by atoms with Crippen molar-refractivity contribution >= 4 is 34.7 Å². The van der Waals surface area contributed by atoms with Gasteiger partial charge in [-0.05, 0) is 37.4 Å². The zero-order valence-electron chi connectivity index (χ0n) is 23.1. The smallest absolute Gasteiger partial charge is 0.409 e. The third kappa shape index (κ3) is 5.76. The predicted molar refractivity (Wildman–Crippen MR) is 150 cm³/mol. The molecule has 1 fully saturated rings.